The molecule has 2 heterocycles. The second kappa shape index (κ2) is 7.92. The second-order valence-corrected chi connectivity index (χ2v) is 7.06. The summed E-state index contributed by atoms with van der Waals surface area (Å²) in [6.07, 6.45) is -4.93. The number of aliphatic hydroxyl groups excluding tert-OH is 3. The second-order valence-electron chi connectivity index (χ2n) is 7.06. The van der Waals surface area contributed by atoms with E-state index in [1.54, 1.807) is 12.1 Å². The van der Waals surface area contributed by atoms with Crippen molar-refractivity contribution >= 4 is 27.7 Å². The zero-order chi connectivity index (χ0) is 20.5. The number of nitrogens with one attached hydrogen (secondary N) is 1. The molecule has 1 amide bonds. The number of hydrogen-bond donors (Lipinski definition) is 4. The molecule has 3 aromatic rings. The highest BCUT2D eigenvalue weighted by molar-refractivity contribution is 5.95. The number of para-hydroxylation sites is 2. The predicted molar refractivity (Wildman–Crippen MR) is 105 cm³/mol. The van der Waals surface area contributed by atoms with Gasteiger partial charge < -0.3 is 30.1 Å². The van der Waals surface area contributed by atoms with Gasteiger partial charge in [0.15, 0.2) is 0 Å². The van der Waals surface area contributed by atoms with Crippen LogP contribution in [0.1, 0.15) is 6.92 Å². The van der Waals surface area contributed by atoms with Crippen LogP contribution < -0.4 is 10.1 Å². The molecule has 8 heteroatoms. The van der Waals surface area contributed by atoms with E-state index in [-0.39, 0.29) is 0 Å². The standard InChI is InChI=1S/C21H22N2O6/c1-11(25)22-18-20(27)19(26)16(10-24)29-21(18)28-15-8-4-6-13-9-12-5-2-3-7-14(12)23-17(13)15/h2-9,16,18-21,24,26-27H,10H2,1H3,(H,22,25). The van der Waals surface area contributed by atoms with E-state index in [1.807, 2.05) is 36.4 Å². The van der Waals surface area contributed by atoms with E-state index in [9.17, 15) is 20.1 Å². The molecule has 29 heavy (non-hydrogen) atoms. The number of amides is 1. The summed E-state index contributed by atoms with van der Waals surface area (Å²) in [5, 5.41) is 34.4. The molecule has 0 spiro atoms. The Kier molecular flexibility index (Phi) is 5.33. The van der Waals surface area contributed by atoms with E-state index in [2.05, 4.69) is 10.3 Å². The molecule has 5 unspecified atom stereocenters. The lowest BCUT2D eigenvalue weighted by Gasteiger charge is -2.42. The SMILES string of the molecule is CC(=O)NC1C(Oc2cccc3cc4ccccc4nc23)OC(CO)C(O)C1O. The van der Waals surface area contributed by atoms with Crippen LogP contribution in [0.5, 0.6) is 5.75 Å². The number of carbonyl (C=O) groups excluding carboxylic acids is 1. The minimum atomic E-state index is -1.38. The summed E-state index contributed by atoms with van der Waals surface area (Å²) in [5.41, 5.74) is 1.39. The summed E-state index contributed by atoms with van der Waals surface area (Å²) in [6, 6.07) is 14.1. The third-order valence-corrected chi connectivity index (χ3v) is 5.00. The summed E-state index contributed by atoms with van der Waals surface area (Å²) in [4.78, 5) is 16.3. The van der Waals surface area contributed by atoms with Gasteiger partial charge in [-0.2, -0.15) is 0 Å². The van der Waals surface area contributed by atoms with Gasteiger partial charge >= 0.3 is 0 Å². The molecule has 2 aromatic carbocycles. The summed E-state index contributed by atoms with van der Waals surface area (Å²) < 4.78 is 11.6. The number of nitrogens with zero attached hydrogens (tertiary/aromatic N) is 1. The zero-order valence-electron chi connectivity index (χ0n) is 15.7. The van der Waals surface area contributed by atoms with Gasteiger partial charge in [-0.1, -0.05) is 30.3 Å². The first-order valence-corrected chi connectivity index (χ1v) is 9.32. The van der Waals surface area contributed by atoms with Crippen molar-refractivity contribution in [2.45, 2.75) is 37.6 Å². The summed E-state index contributed by atoms with van der Waals surface area (Å²) in [5.74, 6) is -0.0168. The van der Waals surface area contributed by atoms with E-state index in [0.717, 1.165) is 16.3 Å². The van der Waals surface area contributed by atoms with Crippen LogP contribution >= 0.6 is 0 Å². The molecule has 0 bridgehead atoms. The molecular weight excluding hydrogens is 376 g/mol. The molecular formula is C21H22N2O6. The normalized spacial score (nSPS) is 27.1. The van der Waals surface area contributed by atoms with Gasteiger partial charge in [-0.3, -0.25) is 4.79 Å². The Labute approximate surface area is 166 Å². The Morgan fingerprint density at radius 1 is 1.14 bits per heavy atom. The maximum Gasteiger partial charge on any atom is 0.223 e. The first-order valence-electron chi connectivity index (χ1n) is 9.32. The Bertz CT molecular complexity index is 1040. The molecule has 4 rings (SSSR count). The highest BCUT2D eigenvalue weighted by atomic mass is 16.7. The van der Waals surface area contributed by atoms with E-state index in [4.69, 9.17) is 9.47 Å². The number of aromatic nitrogens is 1. The van der Waals surface area contributed by atoms with Crippen LogP contribution in [-0.2, 0) is 9.53 Å². The largest absolute Gasteiger partial charge is 0.460 e. The lowest BCUT2D eigenvalue weighted by atomic mass is 9.97. The van der Waals surface area contributed by atoms with Gasteiger partial charge in [0.2, 0.25) is 12.2 Å². The monoisotopic (exact) mass is 398 g/mol. The molecule has 0 radical (unpaired) electrons. The van der Waals surface area contributed by atoms with Gasteiger partial charge in [-0.15, -0.1) is 0 Å². The number of pyridine rings is 1. The maximum absolute atomic E-state index is 11.6. The smallest absolute Gasteiger partial charge is 0.223 e. The lowest BCUT2D eigenvalue weighted by Crippen LogP contribution is -2.65. The van der Waals surface area contributed by atoms with Crippen LogP contribution in [-0.4, -0.2) is 63.5 Å². The quantitative estimate of drug-likeness (QED) is 0.478. The average Bonchev–Trinajstić information content (AvgIpc) is 2.72. The molecule has 0 saturated carbocycles. The van der Waals surface area contributed by atoms with Crippen LogP contribution in [0.25, 0.3) is 21.8 Å². The van der Waals surface area contributed by atoms with Crippen LogP contribution in [0.2, 0.25) is 0 Å². The molecule has 1 aliphatic heterocycles. The first-order chi connectivity index (χ1) is 14.0. The van der Waals surface area contributed by atoms with Gasteiger partial charge in [-0.25, -0.2) is 4.98 Å². The number of carbonyl (C=O) groups is 1. The highest BCUT2D eigenvalue weighted by Crippen LogP contribution is 2.30. The summed E-state index contributed by atoms with van der Waals surface area (Å²) >= 11 is 0. The molecule has 0 aliphatic carbocycles. The van der Waals surface area contributed by atoms with Crippen molar-refractivity contribution in [3.8, 4) is 5.75 Å². The van der Waals surface area contributed by atoms with Crippen molar-refractivity contribution < 1.29 is 29.6 Å². The first kappa shape index (κ1) is 19.5. The minimum Gasteiger partial charge on any atom is -0.460 e. The average molecular weight is 398 g/mol. The fourth-order valence-electron chi connectivity index (χ4n) is 3.57. The van der Waals surface area contributed by atoms with E-state index in [0.29, 0.717) is 11.3 Å². The van der Waals surface area contributed by atoms with Crippen molar-refractivity contribution in [3.05, 3.63) is 48.5 Å². The third-order valence-electron chi connectivity index (χ3n) is 5.00. The van der Waals surface area contributed by atoms with Crippen molar-refractivity contribution in [2.75, 3.05) is 6.61 Å². The van der Waals surface area contributed by atoms with Crippen LogP contribution in [0.15, 0.2) is 48.5 Å². The fraction of sp³-hybridized carbons (Fsp3) is 0.333. The molecule has 1 aliphatic rings. The Balaban J connectivity index is 1.72. The van der Waals surface area contributed by atoms with E-state index in [1.165, 1.54) is 6.92 Å². The number of benzene rings is 2. The molecule has 1 fully saturated rings. The minimum absolute atomic E-state index is 0.397. The van der Waals surface area contributed by atoms with Crippen LogP contribution in [0, 0.1) is 0 Å². The molecule has 5 atom stereocenters. The Morgan fingerprint density at radius 2 is 1.90 bits per heavy atom. The molecule has 152 valence electrons. The fourth-order valence-corrected chi connectivity index (χ4v) is 3.57. The number of hydrogen-bond acceptors (Lipinski definition) is 7. The van der Waals surface area contributed by atoms with Gasteiger partial charge in [0.25, 0.3) is 0 Å². The van der Waals surface area contributed by atoms with Crippen molar-refractivity contribution in [2.24, 2.45) is 0 Å². The van der Waals surface area contributed by atoms with Gasteiger partial charge in [0.1, 0.15) is 35.6 Å². The summed E-state index contributed by atoms with van der Waals surface area (Å²) in [6.45, 7) is 0.781. The number of fused-ring (bicyclic) bond motifs is 2. The topological polar surface area (TPSA) is 121 Å². The lowest BCUT2D eigenvalue weighted by molar-refractivity contribution is -0.244. The molecule has 8 nitrogen and oxygen atoms in total. The number of rotatable bonds is 4. The molecule has 4 N–H and O–H groups in total. The van der Waals surface area contributed by atoms with Gasteiger partial charge in [-0.05, 0) is 18.2 Å². The van der Waals surface area contributed by atoms with Crippen molar-refractivity contribution in [1.29, 1.82) is 0 Å². The van der Waals surface area contributed by atoms with Crippen molar-refractivity contribution in [3.63, 3.8) is 0 Å². The molecule has 1 aromatic heterocycles. The zero-order valence-corrected chi connectivity index (χ0v) is 15.7. The third kappa shape index (κ3) is 3.75. The van der Waals surface area contributed by atoms with Crippen LogP contribution in [0.3, 0.4) is 0 Å². The Morgan fingerprint density at radius 3 is 2.66 bits per heavy atom. The number of ether oxygens (including phenoxy) is 2. The maximum atomic E-state index is 11.6. The predicted octanol–water partition coefficient (Wildman–Crippen LogP) is 0.710. The summed E-state index contributed by atoms with van der Waals surface area (Å²) in [7, 11) is 0. The molecule has 1 saturated heterocycles. The van der Waals surface area contributed by atoms with E-state index >= 15 is 0 Å². The van der Waals surface area contributed by atoms with Gasteiger partial charge in [0.05, 0.1) is 12.1 Å². The van der Waals surface area contributed by atoms with E-state index < -0.39 is 43.2 Å². The van der Waals surface area contributed by atoms with Gasteiger partial charge in [0, 0.05) is 17.7 Å². The number of aliphatic hydroxyl groups is 3. The van der Waals surface area contributed by atoms with Crippen LogP contribution in [0.4, 0.5) is 0 Å². The highest BCUT2D eigenvalue weighted by Gasteiger charge is 2.46. The Hall–Kier alpha value is -2.78. The van der Waals surface area contributed by atoms with Crippen molar-refractivity contribution in [1.82, 2.24) is 10.3 Å².